The van der Waals surface area contributed by atoms with E-state index in [9.17, 15) is 4.79 Å². The number of carbonyl (C=O) groups excluding carboxylic acids is 1. The van der Waals surface area contributed by atoms with Gasteiger partial charge in [0, 0.05) is 11.1 Å². The molecule has 142 valence electrons. The Hall–Kier alpha value is -2.01. The first-order valence-corrected chi connectivity index (χ1v) is 9.11. The Labute approximate surface area is 155 Å². The van der Waals surface area contributed by atoms with Crippen LogP contribution in [0.3, 0.4) is 0 Å². The minimum absolute atomic E-state index is 0.161. The van der Waals surface area contributed by atoms with Crippen molar-refractivity contribution >= 4 is 11.5 Å². The second-order valence-electron chi connectivity index (χ2n) is 8.41. The van der Waals surface area contributed by atoms with Crippen molar-refractivity contribution in [2.45, 2.75) is 57.6 Å². The molecule has 0 atom stereocenters. The molecule has 0 amide bonds. The molecular formula is C21H29NO4. The van der Waals surface area contributed by atoms with Gasteiger partial charge in [0.15, 0.2) is 11.5 Å². The molecule has 0 spiro atoms. The number of para-hydroxylation sites is 1. The number of carbonyl (C=O) groups is 1. The highest BCUT2D eigenvalue weighted by Crippen LogP contribution is 2.55. The van der Waals surface area contributed by atoms with Crippen LogP contribution in [0.15, 0.2) is 24.3 Å². The van der Waals surface area contributed by atoms with Gasteiger partial charge in [0.25, 0.3) is 0 Å². The van der Waals surface area contributed by atoms with E-state index in [0.717, 1.165) is 24.0 Å². The monoisotopic (exact) mass is 359 g/mol. The molecule has 2 bridgehead atoms. The highest BCUT2D eigenvalue weighted by molar-refractivity contribution is 5.89. The summed E-state index contributed by atoms with van der Waals surface area (Å²) in [5, 5.41) is 0. The Morgan fingerprint density at radius 3 is 2.27 bits per heavy atom. The molecule has 1 saturated carbocycles. The molecule has 5 nitrogen and oxygen atoms in total. The molecule has 1 aromatic carbocycles. The fourth-order valence-electron chi connectivity index (χ4n) is 4.06. The summed E-state index contributed by atoms with van der Waals surface area (Å²) >= 11 is 0. The van der Waals surface area contributed by atoms with Crippen molar-refractivity contribution in [3.63, 3.8) is 0 Å². The predicted octanol–water partition coefficient (Wildman–Crippen LogP) is 3.70. The van der Waals surface area contributed by atoms with E-state index in [1.54, 1.807) is 14.2 Å². The number of fused-ring (bicyclic) bond motifs is 2. The number of ether oxygens (including phenoxy) is 3. The van der Waals surface area contributed by atoms with Crippen LogP contribution in [0, 0.1) is 5.41 Å². The number of hydrogen-bond donors (Lipinski definition) is 1. The van der Waals surface area contributed by atoms with Crippen molar-refractivity contribution < 1.29 is 19.0 Å². The number of benzene rings is 1. The minimum Gasteiger partial charge on any atom is -0.493 e. The molecule has 0 radical (unpaired) electrons. The van der Waals surface area contributed by atoms with Crippen LogP contribution in [0.2, 0.25) is 0 Å². The first-order valence-electron chi connectivity index (χ1n) is 9.11. The first-order chi connectivity index (χ1) is 12.1. The van der Waals surface area contributed by atoms with Gasteiger partial charge in [-0.25, -0.2) is 0 Å². The average Bonchev–Trinajstić information content (AvgIpc) is 2.59. The van der Waals surface area contributed by atoms with Crippen LogP contribution in [0.25, 0.3) is 5.57 Å². The molecule has 4 rings (SSSR count). The Kier molecular flexibility index (Phi) is 4.55. The maximum atomic E-state index is 13.0. The third-order valence-electron chi connectivity index (χ3n) is 5.49. The summed E-state index contributed by atoms with van der Waals surface area (Å²) < 4.78 is 16.8. The van der Waals surface area contributed by atoms with Crippen LogP contribution in [0.1, 0.15) is 52.0 Å². The second-order valence-corrected chi connectivity index (χ2v) is 8.41. The Balaban J connectivity index is 2.10. The topological polar surface area (TPSA) is 70.8 Å². The lowest BCUT2D eigenvalue weighted by molar-refractivity contribution is -0.167. The van der Waals surface area contributed by atoms with Crippen LogP contribution >= 0.6 is 0 Å². The SMILES string of the molecule is COc1cccc(C2=CC3(C(=O)OC(C)(C)C)CCC2(N)CC3)c1OC. The fraction of sp³-hybridized carbons (Fsp3) is 0.571. The third-order valence-corrected chi connectivity index (χ3v) is 5.49. The fourth-order valence-corrected chi connectivity index (χ4v) is 4.06. The van der Waals surface area contributed by atoms with E-state index in [1.807, 2.05) is 45.0 Å². The van der Waals surface area contributed by atoms with Gasteiger partial charge >= 0.3 is 5.97 Å². The number of rotatable bonds is 4. The maximum absolute atomic E-state index is 13.0. The summed E-state index contributed by atoms with van der Waals surface area (Å²) in [4.78, 5) is 13.0. The molecule has 3 aliphatic carbocycles. The maximum Gasteiger partial charge on any atom is 0.316 e. The zero-order valence-electron chi connectivity index (χ0n) is 16.3. The van der Waals surface area contributed by atoms with Crippen molar-refractivity contribution in [3.8, 4) is 11.5 Å². The number of methoxy groups -OCH3 is 2. The van der Waals surface area contributed by atoms with Gasteiger partial charge in [0.1, 0.15) is 5.60 Å². The zero-order valence-corrected chi connectivity index (χ0v) is 16.3. The highest BCUT2D eigenvalue weighted by atomic mass is 16.6. The van der Waals surface area contributed by atoms with E-state index >= 15 is 0 Å². The normalized spacial score (nSPS) is 27.7. The second kappa shape index (κ2) is 6.31. The van der Waals surface area contributed by atoms with Gasteiger partial charge in [-0.3, -0.25) is 4.79 Å². The van der Waals surface area contributed by atoms with Gasteiger partial charge < -0.3 is 19.9 Å². The molecule has 2 N–H and O–H groups in total. The van der Waals surface area contributed by atoms with Crippen molar-refractivity contribution in [1.82, 2.24) is 0 Å². The summed E-state index contributed by atoms with van der Waals surface area (Å²) in [6, 6.07) is 5.76. The van der Waals surface area contributed by atoms with Crippen molar-refractivity contribution in [3.05, 3.63) is 29.8 Å². The Morgan fingerprint density at radius 2 is 1.73 bits per heavy atom. The number of hydrogen-bond acceptors (Lipinski definition) is 5. The van der Waals surface area contributed by atoms with Gasteiger partial charge in [-0.15, -0.1) is 0 Å². The molecule has 26 heavy (non-hydrogen) atoms. The summed E-state index contributed by atoms with van der Waals surface area (Å²) in [7, 11) is 3.24. The van der Waals surface area contributed by atoms with E-state index < -0.39 is 16.6 Å². The third kappa shape index (κ3) is 3.09. The van der Waals surface area contributed by atoms with Crippen molar-refractivity contribution in [1.29, 1.82) is 0 Å². The lowest BCUT2D eigenvalue weighted by atomic mass is 9.57. The molecule has 3 aliphatic rings. The van der Waals surface area contributed by atoms with Crippen LogP contribution in [-0.4, -0.2) is 31.3 Å². The molecule has 1 aromatic rings. The molecule has 5 heteroatoms. The Morgan fingerprint density at radius 1 is 1.08 bits per heavy atom. The van der Waals surface area contributed by atoms with Crippen LogP contribution in [-0.2, 0) is 9.53 Å². The largest absolute Gasteiger partial charge is 0.493 e. The molecule has 0 heterocycles. The zero-order chi connectivity index (χ0) is 19.2. The van der Waals surface area contributed by atoms with Crippen molar-refractivity contribution in [2.24, 2.45) is 11.1 Å². The van der Waals surface area contributed by atoms with Crippen molar-refractivity contribution in [2.75, 3.05) is 14.2 Å². The molecule has 1 fully saturated rings. The molecule has 0 aromatic heterocycles. The van der Waals surface area contributed by atoms with E-state index in [0.29, 0.717) is 24.3 Å². The quantitative estimate of drug-likeness (QED) is 0.830. The molecular weight excluding hydrogens is 330 g/mol. The first kappa shape index (κ1) is 18.8. The van der Waals surface area contributed by atoms with Crippen LogP contribution < -0.4 is 15.2 Å². The Bertz CT molecular complexity index is 737. The number of nitrogens with two attached hydrogens (primary N) is 1. The van der Waals surface area contributed by atoms with Gasteiger partial charge in [-0.2, -0.15) is 0 Å². The van der Waals surface area contributed by atoms with E-state index in [4.69, 9.17) is 19.9 Å². The van der Waals surface area contributed by atoms with E-state index in [-0.39, 0.29) is 5.97 Å². The summed E-state index contributed by atoms with van der Waals surface area (Å²) in [6.07, 6.45) is 4.96. The lowest BCUT2D eigenvalue weighted by Gasteiger charge is -2.49. The molecule has 0 saturated heterocycles. The van der Waals surface area contributed by atoms with E-state index in [1.165, 1.54) is 0 Å². The summed E-state index contributed by atoms with van der Waals surface area (Å²) in [5.74, 6) is 1.14. The van der Waals surface area contributed by atoms with Gasteiger partial charge in [-0.1, -0.05) is 18.2 Å². The van der Waals surface area contributed by atoms with Crippen LogP contribution in [0.4, 0.5) is 0 Å². The molecule has 0 aliphatic heterocycles. The number of esters is 1. The van der Waals surface area contributed by atoms with Gasteiger partial charge in [0.2, 0.25) is 0 Å². The van der Waals surface area contributed by atoms with Crippen LogP contribution in [0.5, 0.6) is 11.5 Å². The minimum atomic E-state index is -0.613. The summed E-state index contributed by atoms with van der Waals surface area (Å²) in [6.45, 7) is 5.70. The summed E-state index contributed by atoms with van der Waals surface area (Å²) in [5.41, 5.74) is 7.02. The van der Waals surface area contributed by atoms with Gasteiger partial charge in [-0.05, 0) is 58.1 Å². The van der Waals surface area contributed by atoms with Gasteiger partial charge in [0.05, 0.1) is 19.6 Å². The smallest absolute Gasteiger partial charge is 0.316 e. The standard InChI is InChI=1S/C21H29NO4/c1-19(2,3)26-18(23)20-9-11-21(22,12-10-20)15(13-20)14-7-6-8-16(24-4)17(14)25-5/h6-8,13H,9-12,22H2,1-5H3. The lowest BCUT2D eigenvalue weighted by Crippen LogP contribution is -2.54. The highest BCUT2D eigenvalue weighted by Gasteiger charge is 2.53. The predicted molar refractivity (Wildman–Crippen MR) is 101 cm³/mol. The molecule has 0 unspecified atom stereocenters. The van der Waals surface area contributed by atoms with E-state index in [2.05, 4.69) is 0 Å². The average molecular weight is 359 g/mol.